The largest absolute Gasteiger partial charge is 0.491 e. The summed E-state index contributed by atoms with van der Waals surface area (Å²) in [5.41, 5.74) is 1.40. The predicted molar refractivity (Wildman–Crippen MR) is 107 cm³/mol. The van der Waals surface area contributed by atoms with Crippen molar-refractivity contribution in [3.63, 3.8) is 0 Å². The van der Waals surface area contributed by atoms with E-state index in [2.05, 4.69) is 30.3 Å². The molecule has 144 valence electrons. The number of para-hydroxylation sites is 1. The zero-order valence-electron chi connectivity index (χ0n) is 15.9. The first-order valence-electron chi connectivity index (χ1n) is 9.88. The summed E-state index contributed by atoms with van der Waals surface area (Å²) in [6.45, 7) is 2.73. The zero-order chi connectivity index (χ0) is 18.7. The van der Waals surface area contributed by atoms with Crippen LogP contribution in [0.3, 0.4) is 0 Å². The van der Waals surface area contributed by atoms with Gasteiger partial charge in [0.25, 0.3) is 0 Å². The molecule has 27 heavy (non-hydrogen) atoms. The molecule has 1 aliphatic rings. The van der Waals surface area contributed by atoms with E-state index in [9.17, 15) is 4.79 Å². The third-order valence-corrected chi connectivity index (χ3v) is 5.12. The Kier molecular flexibility index (Phi) is 7.72. The number of ether oxygens (including phenoxy) is 2. The fourth-order valence-electron chi connectivity index (χ4n) is 3.47. The van der Waals surface area contributed by atoms with Crippen LogP contribution in [0.25, 0.3) is 0 Å². The summed E-state index contributed by atoms with van der Waals surface area (Å²) in [5.74, 6) is 1.63. The highest BCUT2D eigenvalue weighted by molar-refractivity contribution is 5.77. The van der Waals surface area contributed by atoms with E-state index in [1.807, 2.05) is 35.2 Å². The maximum Gasteiger partial charge on any atom is 0.248 e. The van der Waals surface area contributed by atoms with E-state index in [4.69, 9.17) is 9.47 Å². The number of carbonyl (C=O) groups excluding carboxylic acids is 1. The number of nitrogens with zero attached hydrogens (tertiary/aromatic N) is 1. The standard InChI is InChI=1S/C23H29NO3/c25-23(19-26-17-18-27-22-9-5-2-6-10-22)24-15-13-21(14-16-24)12-11-20-7-3-1-4-8-20/h1-10,21H,11-19H2. The molecular weight excluding hydrogens is 338 g/mol. The van der Waals surface area contributed by atoms with Gasteiger partial charge in [-0.25, -0.2) is 0 Å². The normalized spacial score (nSPS) is 14.9. The average Bonchev–Trinajstić information content (AvgIpc) is 2.74. The fourth-order valence-corrected chi connectivity index (χ4v) is 3.47. The number of hydrogen-bond donors (Lipinski definition) is 0. The molecule has 1 aliphatic heterocycles. The quantitative estimate of drug-likeness (QED) is 0.630. The molecular formula is C23H29NO3. The molecule has 1 saturated heterocycles. The Bertz CT molecular complexity index is 667. The number of amides is 1. The summed E-state index contributed by atoms with van der Waals surface area (Å²) in [6.07, 6.45) is 4.52. The minimum absolute atomic E-state index is 0.0937. The molecule has 4 heteroatoms. The monoisotopic (exact) mass is 367 g/mol. The number of aryl methyl sites for hydroxylation is 1. The highest BCUT2D eigenvalue weighted by Crippen LogP contribution is 2.22. The van der Waals surface area contributed by atoms with Crippen molar-refractivity contribution in [3.05, 3.63) is 66.2 Å². The van der Waals surface area contributed by atoms with Gasteiger partial charge in [-0.05, 0) is 49.3 Å². The molecule has 0 radical (unpaired) electrons. The molecule has 1 heterocycles. The third-order valence-electron chi connectivity index (χ3n) is 5.12. The predicted octanol–water partition coefficient (Wildman–Crippen LogP) is 3.95. The van der Waals surface area contributed by atoms with Crippen LogP contribution in [-0.2, 0) is 16.0 Å². The zero-order valence-corrected chi connectivity index (χ0v) is 15.9. The smallest absolute Gasteiger partial charge is 0.248 e. The average molecular weight is 367 g/mol. The summed E-state index contributed by atoms with van der Waals surface area (Å²) < 4.78 is 11.0. The number of carbonyl (C=O) groups is 1. The van der Waals surface area contributed by atoms with Crippen LogP contribution in [0.5, 0.6) is 5.75 Å². The van der Waals surface area contributed by atoms with E-state index in [1.54, 1.807) is 0 Å². The molecule has 0 aliphatic carbocycles. The second kappa shape index (κ2) is 10.7. The van der Waals surface area contributed by atoms with Crippen LogP contribution in [-0.4, -0.2) is 43.7 Å². The van der Waals surface area contributed by atoms with E-state index >= 15 is 0 Å². The van der Waals surface area contributed by atoms with Crippen molar-refractivity contribution in [1.29, 1.82) is 0 Å². The van der Waals surface area contributed by atoms with Gasteiger partial charge in [-0.15, -0.1) is 0 Å². The first kappa shape index (κ1) is 19.4. The lowest BCUT2D eigenvalue weighted by molar-refractivity contribution is -0.137. The molecule has 4 nitrogen and oxygen atoms in total. The minimum atomic E-state index is 0.0937. The van der Waals surface area contributed by atoms with Crippen molar-refractivity contribution >= 4 is 5.91 Å². The van der Waals surface area contributed by atoms with E-state index in [0.29, 0.717) is 13.2 Å². The number of rotatable bonds is 9. The van der Waals surface area contributed by atoms with Crippen LogP contribution < -0.4 is 4.74 Å². The van der Waals surface area contributed by atoms with Gasteiger partial charge in [0.15, 0.2) is 0 Å². The lowest BCUT2D eigenvalue weighted by atomic mass is 9.90. The van der Waals surface area contributed by atoms with Crippen molar-refractivity contribution in [2.45, 2.75) is 25.7 Å². The van der Waals surface area contributed by atoms with Gasteiger partial charge in [0.05, 0.1) is 6.61 Å². The Morgan fingerprint density at radius 1 is 0.926 bits per heavy atom. The molecule has 0 unspecified atom stereocenters. The maximum absolute atomic E-state index is 12.3. The van der Waals surface area contributed by atoms with Crippen LogP contribution in [0.1, 0.15) is 24.8 Å². The van der Waals surface area contributed by atoms with E-state index in [1.165, 1.54) is 12.0 Å². The summed E-state index contributed by atoms with van der Waals surface area (Å²) >= 11 is 0. The summed E-state index contributed by atoms with van der Waals surface area (Å²) in [6, 6.07) is 20.3. The van der Waals surface area contributed by atoms with Crippen molar-refractivity contribution < 1.29 is 14.3 Å². The van der Waals surface area contributed by atoms with Crippen LogP contribution in [0.4, 0.5) is 0 Å². The molecule has 1 amide bonds. The third kappa shape index (κ3) is 6.72. The second-order valence-corrected chi connectivity index (χ2v) is 7.06. The van der Waals surface area contributed by atoms with Gasteiger partial charge in [-0.3, -0.25) is 4.79 Å². The van der Waals surface area contributed by atoms with E-state index < -0.39 is 0 Å². The first-order valence-corrected chi connectivity index (χ1v) is 9.88. The molecule has 0 saturated carbocycles. The summed E-state index contributed by atoms with van der Waals surface area (Å²) in [4.78, 5) is 14.2. The molecule has 2 aromatic carbocycles. The van der Waals surface area contributed by atoms with Crippen molar-refractivity contribution in [2.24, 2.45) is 5.92 Å². The van der Waals surface area contributed by atoms with Gasteiger partial charge in [0.2, 0.25) is 5.91 Å². The maximum atomic E-state index is 12.3. The highest BCUT2D eigenvalue weighted by atomic mass is 16.5. The van der Waals surface area contributed by atoms with Crippen molar-refractivity contribution in [3.8, 4) is 5.75 Å². The molecule has 0 bridgehead atoms. The lowest BCUT2D eigenvalue weighted by Crippen LogP contribution is -2.40. The Morgan fingerprint density at radius 3 is 2.30 bits per heavy atom. The van der Waals surface area contributed by atoms with Crippen LogP contribution in [0.2, 0.25) is 0 Å². The highest BCUT2D eigenvalue weighted by Gasteiger charge is 2.22. The van der Waals surface area contributed by atoms with Gasteiger partial charge in [-0.1, -0.05) is 48.5 Å². The molecule has 0 aromatic heterocycles. The van der Waals surface area contributed by atoms with Crippen LogP contribution in [0.15, 0.2) is 60.7 Å². The van der Waals surface area contributed by atoms with Crippen molar-refractivity contribution in [1.82, 2.24) is 4.90 Å². The second-order valence-electron chi connectivity index (χ2n) is 7.06. The van der Waals surface area contributed by atoms with E-state index in [-0.39, 0.29) is 12.5 Å². The van der Waals surface area contributed by atoms with Crippen LogP contribution in [0, 0.1) is 5.92 Å². The van der Waals surface area contributed by atoms with Crippen LogP contribution >= 0.6 is 0 Å². The van der Waals surface area contributed by atoms with Crippen molar-refractivity contribution in [2.75, 3.05) is 32.9 Å². The minimum Gasteiger partial charge on any atom is -0.491 e. The number of benzene rings is 2. The number of piperidine rings is 1. The number of hydrogen-bond acceptors (Lipinski definition) is 3. The summed E-state index contributed by atoms with van der Waals surface area (Å²) in [5, 5.41) is 0. The SMILES string of the molecule is O=C(COCCOc1ccccc1)N1CCC(CCc2ccccc2)CC1. The molecule has 0 spiro atoms. The Morgan fingerprint density at radius 2 is 1.59 bits per heavy atom. The van der Waals surface area contributed by atoms with Gasteiger partial charge in [-0.2, -0.15) is 0 Å². The first-order chi connectivity index (χ1) is 13.3. The fraction of sp³-hybridized carbons (Fsp3) is 0.435. The summed E-state index contributed by atoms with van der Waals surface area (Å²) in [7, 11) is 0. The molecule has 0 N–H and O–H groups in total. The Hall–Kier alpha value is -2.33. The van der Waals surface area contributed by atoms with E-state index in [0.717, 1.165) is 44.0 Å². The molecule has 2 aromatic rings. The molecule has 1 fully saturated rings. The van der Waals surface area contributed by atoms with Gasteiger partial charge < -0.3 is 14.4 Å². The Labute approximate surface area is 162 Å². The molecule has 0 atom stereocenters. The lowest BCUT2D eigenvalue weighted by Gasteiger charge is -2.32. The Balaban J connectivity index is 1.26. The van der Waals surface area contributed by atoms with Gasteiger partial charge in [0.1, 0.15) is 19.0 Å². The van der Waals surface area contributed by atoms with Gasteiger partial charge in [0, 0.05) is 13.1 Å². The topological polar surface area (TPSA) is 38.8 Å². The van der Waals surface area contributed by atoms with Gasteiger partial charge >= 0.3 is 0 Å². The number of likely N-dealkylation sites (tertiary alicyclic amines) is 1. The molecule has 3 rings (SSSR count).